The van der Waals surface area contributed by atoms with Crippen molar-refractivity contribution in [3.8, 4) is 11.5 Å². The van der Waals surface area contributed by atoms with Crippen molar-refractivity contribution in [2.24, 2.45) is 5.92 Å². The molecule has 0 saturated carbocycles. The van der Waals surface area contributed by atoms with E-state index in [9.17, 15) is 0 Å². The number of rotatable bonds is 6. The highest BCUT2D eigenvalue weighted by atomic mass is 16.4. The molecule has 1 aromatic carbocycles. The first kappa shape index (κ1) is 13.6. The summed E-state index contributed by atoms with van der Waals surface area (Å²) in [6, 6.07) is 6.15. The summed E-state index contributed by atoms with van der Waals surface area (Å²) in [5.41, 5.74) is 3.33. The van der Waals surface area contributed by atoms with Crippen molar-refractivity contribution in [3.63, 3.8) is 0 Å². The number of benzene rings is 1. The highest BCUT2D eigenvalue weighted by molar-refractivity contribution is 5.62. The number of hydrogen-bond donors (Lipinski definition) is 1. The van der Waals surface area contributed by atoms with Crippen molar-refractivity contribution in [2.75, 3.05) is 11.9 Å². The summed E-state index contributed by atoms with van der Waals surface area (Å²) in [6.07, 6.45) is 3.84. The molecule has 0 spiro atoms. The summed E-state index contributed by atoms with van der Waals surface area (Å²) in [4.78, 5) is 0. The van der Waals surface area contributed by atoms with Crippen molar-refractivity contribution >= 4 is 5.69 Å². The van der Waals surface area contributed by atoms with Crippen LogP contribution >= 0.6 is 0 Å². The molecule has 0 bridgehead atoms. The molecule has 0 aliphatic carbocycles. The van der Waals surface area contributed by atoms with Crippen molar-refractivity contribution in [1.82, 2.24) is 10.2 Å². The molecule has 4 nitrogen and oxygen atoms in total. The van der Waals surface area contributed by atoms with Crippen LogP contribution in [0, 0.1) is 12.8 Å². The van der Waals surface area contributed by atoms with Crippen LogP contribution in [-0.4, -0.2) is 16.7 Å². The summed E-state index contributed by atoms with van der Waals surface area (Å²) in [7, 11) is 0. The van der Waals surface area contributed by atoms with E-state index in [1.807, 2.05) is 6.07 Å². The SMILES string of the molecule is CCCC(C)CNc1ccc(-c2nnco2)cc1C. The van der Waals surface area contributed by atoms with Crippen LogP contribution in [0.25, 0.3) is 11.5 Å². The van der Waals surface area contributed by atoms with Crippen LogP contribution in [-0.2, 0) is 0 Å². The van der Waals surface area contributed by atoms with Gasteiger partial charge in [-0.05, 0) is 43.0 Å². The van der Waals surface area contributed by atoms with Gasteiger partial charge >= 0.3 is 0 Å². The monoisotopic (exact) mass is 259 g/mol. The van der Waals surface area contributed by atoms with Crippen molar-refractivity contribution in [3.05, 3.63) is 30.2 Å². The third-order valence-electron chi connectivity index (χ3n) is 3.26. The molecule has 102 valence electrons. The van der Waals surface area contributed by atoms with Gasteiger partial charge in [-0.3, -0.25) is 0 Å². The Morgan fingerprint density at radius 2 is 2.21 bits per heavy atom. The molecule has 1 unspecified atom stereocenters. The minimum absolute atomic E-state index is 0.564. The van der Waals surface area contributed by atoms with Crippen LogP contribution in [0.1, 0.15) is 32.3 Å². The van der Waals surface area contributed by atoms with E-state index in [0.29, 0.717) is 11.8 Å². The molecule has 0 aliphatic heterocycles. The normalized spacial score (nSPS) is 12.4. The van der Waals surface area contributed by atoms with Crippen LogP contribution in [0.5, 0.6) is 0 Å². The third-order valence-corrected chi connectivity index (χ3v) is 3.26. The van der Waals surface area contributed by atoms with Crippen molar-refractivity contribution in [1.29, 1.82) is 0 Å². The summed E-state index contributed by atoms with van der Waals surface area (Å²) < 4.78 is 5.20. The lowest BCUT2D eigenvalue weighted by atomic mass is 10.1. The largest absolute Gasteiger partial charge is 0.423 e. The second kappa shape index (κ2) is 6.36. The Labute approximate surface area is 114 Å². The number of aryl methyl sites for hydroxylation is 1. The lowest BCUT2D eigenvalue weighted by Crippen LogP contribution is -2.11. The highest BCUT2D eigenvalue weighted by Crippen LogP contribution is 2.23. The zero-order valence-corrected chi connectivity index (χ0v) is 11.8. The predicted molar refractivity (Wildman–Crippen MR) is 77.0 cm³/mol. The molecule has 1 N–H and O–H groups in total. The molecule has 0 aliphatic rings. The summed E-state index contributed by atoms with van der Waals surface area (Å²) in [6.45, 7) is 7.60. The predicted octanol–water partition coefficient (Wildman–Crippen LogP) is 3.89. The van der Waals surface area contributed by atoms with Gasteiger partial charge in [-0.25, -0.2) is 0 Å². The molecule has 0 radical (unpaired) electrons. The van der Waals surface area contributed by atoms with Gasteiger partial charge in [0.1, 0.15) is 0 Å². The summed E-state index contributed by atoms with van der Waals surface area (Å²) >= 11 is 0. The van der Waals surface area contributed by atoms with E-state index in [4.69, 9.17) is 4.42 Å². The van der Waals surface area contributed by atoms with E-state index in [1.165, 1.54) is 30.5 Å². The first-order valence-corrected chi connectivity index (χ1v) is 6.81. The Bertz CT molecular complexity index is 508. The topological polar surface area (TPSA) is 51.0 Å². The molecule has 1 atom stereocenters. The maximum Gasteiger partial charge on any atom is 0.247 e. The van der Waals surface area contributed by atoms with E-state index >= 15 is 0 Å². The zero-order chi connectivity index (χ0) is 13.7. The fourth-order valence-electron chi connectivity index (χ4n) is 2.17. The van der Waals surface area contributed by atoms with Gasteiger partial charge in [-0.1, -0.05) is 20.3 Å². The first-order valence-electron chi connectivity index (χ1n) is 6.81. The van der Waals surface area contributed by atoms with Crippen LogP contribution in [0.15, 0.2) is 29.0 Å². The van der Waals surface area contributed by atoms with Gasteiger partial charge in [0.25, 0.3) is 0 Å². The van der Waals surface area contributed by atoms with Gasteiger partial charge < -0.3 is 9.73 Å². The number of nitrogens with one attached hydrogen (secondary N) is 1. The van der Waals surface area contributed by atoms with Gasteiger partial charge in [0, 0.05) is 17.8 Å². The second-order valence-corrected chi connectivity index (χ2v) is 5.05. The fourth-order valence-corrected chi connectivity index (χ4v) is 2.17. The van der Waals surface area contributed by atoms with Gasteiger partial charge in [-0.15, -0.1) is 10.2 Å². The van der Waals surface area contributed by atoms with E-state index in [-0.39, 0.29) is 0 Å². The van der Waals surface area contributed by atoms with Crippen molar-refractivity contribution in [2.45, 2.75) is 33.6 Å². The molecular formula is C15H21N3O. The lowest BCUT2D eigenvalue weighted by Gasteiger charge is -2.14. The maximum absolute atomic E-state index is 5.20. The highest BCUT2D eigenvalue weighted by Gasteiger charge is 2.07. The molecule has 19 heavy (non-hydrogen) atoms. The Kier molecular flexibility index (Phi) is 4.55. The molecule has 2 aromatic rings. The van der Waals surface area contributed by atoms with Crippen LogP contribution < -0.4 is 5.32 Å². The zero-order valence-electron chi connectivity index (χ0n) is 11.8. The van der Waals surface area contributed by atoms with Crippen LogP contribution in [0.4, 0.5) is 5.69 Å². The molecule has 2 rings (SSSR count). The van der Waals surface area contributed by atoms with Gasteiger partial charge in [0.15, 0.2) is 0 Å². The average molecular weight is 259 g/mol. The number of hydrogen-bond acceptors (Lipinski definition) is 4. The maximum atomic E-state index is 5.20. The minimum Gasteiger partial charge on any atom is -0.423 e. The van der Waals surface area contributed by atoms with E-state index in [1.54, 1.807) is 0 Å². The van der Waals surface area contributed by atoms with Gasteiger partial charge in [0.2, 0.25) is 12.3 Å². The number of aromatic nitrogens is 2. The first-order chi connectivity index (χ1) is 9.20. The third kappa shape index (κ3) is 3.56. The molecule has 4 heteroatoms. The molecule has 0 amide bonds. The number of anilines is 1. The van der Waals surface area contributed by atoms with Gasteiger partial charge in [-0.2, -0.15) is 0 Å². The molecule has 1 heterocycles. The second-order valence-electron chi connectivity index (χ2n) is 5.05. The van der Waals surface area contributed by atoms with E-state index in [0.717, 1.165) is 12.1 Å². The Hall–Kier alpha value is -1.84. The Morgan fingerprint density at radius 1 is 1.37 bits per heavy atom. The fraction of sp³-hybridized carbons (Fsp3) is 0.467. The minimum atomic E-state index is 0.564. The van der Waals surface area contributed by atoms with Crippen molar-refractivity contribution < 1.29 is 4.42 Å². The van der Waals surface area contributed by atoms with E-state index < -0.39 is 0 Å². The average Bonchev–Trinajstić information content (AvgIpc) is 2.91. The number of nitrogens with zero attached hydrogens (tertiary/aromatic N) is 2. The summed E-state index contributed by atoms with van der Waals surface area (Å²) in [5.74, 6) is 1.26. The smallest absolute Gasteiger partial charge is 0.247 e. The molecular weight excluding hydrogens is 238 g/mol. The molecule has 1 aromatic heterocycles. The van der Waals surface area contributed by atoms with Crippen LogP contribution in [0.2, 0.25) is 0 Å². The van der Waals surface area contributed by atoms with Crippen LogP contribution in [0.3, 0.4) is 0 Å². The molecule has 0 saturated heterocycles. The quantitative estimate of drug-likeness (QED) is 0.855. The van der Waals surface area contributed by atoms with E-state index in [2.05, 4.69) is 48.4 Å². The standard InChI is InChI=1S/C15H21N3O/c1-4-5-11(2)9-16-14-7-6-13(8-12(14)3)15-18-17-10-19-15/h6-8,10-11,16H,4-5,9H2,1-3H3. The Balaban J connectivity index is 2.03. The van der Waals surface area contributed by atoms with Gasteiger partial charge in [0.05, 0.1) is 0 Å². The lowest BCUT2D eigenvalue weighted by molar-refractivity contribution is 0.550. The molecule has 0 fully saturated rings. The summed E-state index contributed by atoms with van der Waals surface area (Å²) in [5, 5.41) is 11.1. The Morgan fingerprint density at radius 3 is 2.84 bits per heavy atom.